The molecule has 0 amide bonds. The molecule has 18 heteroatoms. The Hall–Kier alpha value is -2.14. The maximum Gasteiger partial charge on any atom is 0.460 e. The van der Waals surface area contributed by atoms with Gasteiger partial charge in [0.1, 0.15) is 5.41 Å². The van der Waals surface area contributed by atoms with Crippen molar-refractivity contribution in [3.05, 3.63) is 0 Å². The molecule has 1 atom stereocenters. The van der Waals surface area contributed by atoms with Crippen LogP contribution in [0.15, 0.2) is 0 Å². The SMILES string of the molecule is N#CC(C#N)(CCC(F)(F)F)CCC(F)(C(F)(F)F)C(F)(F)C(F)(F)C(F)(F)C(F)(F)F. The van der Waals surface area contributed by atoms with Gasteiger partial charge in [-0.1, -0.05) is 0 Å². The predicted molar refractivity (Wildman–Crippen MR) is 69.0 cm³/mol. The highest BCUT2D eigenvalue weighted by Gasteiger charge is 2.89. The van der Waals surface area contributed by atoms with E-state index in [0.717, 1.165) is 0 Å². The number of halogens is 16. The lowest BCUT2D eigenvalue weighted by atomic mass is 9.76. The molecule has 186 valence electrons. The van der Waals surface area contributed by atoms with Gasteiger partial charge in [0.05, 0.1) is 12.1 Å². The number of nitrogens with zero attached hydrogens (tertiary/aromatic N) is 2. The first kappa shape index (κ1) is 29.9. The molecule has 0 aromatic rings. The van der Waals surface area contributed by atoms with E-state index in [-0.39, 0.29) is 0 Å². The molecule has 0 rings (SSSR count). The third-order valence-corrected chi connectivity index (χ3v) is 4.25. The molecule has 0 aromatic carbocycles. The molecule has 0 spiro atoms. The third-order valence-electron chi connectivity index (χ3n) is 4.25. The van der Waals surface area contributed by atoms with E-state index in [9.17, 15) is 70.2 Å². The number of hydrogen-bond donors (Lipinski definition) is 0. The summed E-state index contributed by atoms with van der Waals surface area (Å²) in [5.74, 6) is -23.8. The van der Waals surface area contributed by atoms with E-state index in [1.165, 1.54) is 0 Å². The van der Waals surface area contributed by atoms with E-state index in [1.807, 2.05) is 0 Å². The van der Waals surface area contributed by atoms with E-state index < -0.39 is 73.1 Å². The van der Waals surface area contributed by atoms with Crippen LogP contribution in [-0.4, -0.2) is 42.0 Å². The Morgan fingerprint density at radius 3 is 1.09 bits per heavy atom. The highest BCUT2D eigenvalue weighted by atomic mass is 19.4. The molecule has 0 fully saturated rings. The molecule has 32 heavy (non-hydrogen) atoms. The highest BCUT2D eigenvalue weighted by molar-refractivity contribution is 5.17. The zero-order valence-electron chi connectivity index (χ0n) is 14.8. The molecule has 0 aliphatic carbocycles. The molecule has 1 unspecified atom stereocenters. The molecule has 2 nitrogen and oxygen atoms in total. The van der Waals surface area contributed by atoms with Crippen LogP contribution >= 0.6 is 0 Å². The molecule has 0 saturated heterocycles. The van der Waals surface area contributed by atoms with Gasteiger partial charge in [0, 0.05) is 6.42 Å². The summed E-state index contributed by atoms with van der Waals surface area (Å²) < 4.78 is 206. The highest BCUT2D eigenvalue weighted by Crippen LogP contribution is 2.61. The standard InChI is InChI=1S/C14H8F16N2/c15-8(13(25,26)27,3-1-7(5-31,6-32)2-4-9(16,17)18)10(19,20)11(21,22)12(23,24)14(28,29)30/h1-4H2. The smallest absolute Gasteiger partial charge is 0.227 e. The topological polar surface area (TPSA) is 47.6 Å². The lowest BCUT2D eigenvalue weighted by molar-refractivity contribution is -0.432. The minimum absolute atomic E-state index is 0.651. The van der Waals surface area contributed by atoms with Crippen molar-refractivity contribution < 1.29 is 70.2 Å². The van der Waals surface area contributed by atoms with Crippen LogP contribution in [0.2, 0.25) is 0 Å². The van der Waals surface area contributed by atoms with Gasteiger partial charge < -0.3 is 0 Å². The molecule has 0 aliphatic rings. The fourth-order valence-corrected chi connectivity index (χ4v) is 2.22. The van der Waals surface area contributed by atoms with Crippen molar-refractivity contribution in [3.63, 3.8) is 0 Å². The van der Waals surface area contributed by atoms with Crippen LogP contribution in [0.4, 0.5) is 70.2 Å². The van der Waals surface area contributed by atoms with Crippen LogP contribution in [0.5, 0.6) is 0 Å². The Morgan fingerprint density at radius 1 is 0.438 bits per heavy atom. The fraction of sp³-hybridized carbons (Fsp3) is 0.857. The van der Waals surface area contributed by atoms with Crippen molar-refractivity contribution in [2.24, 2.45) is 5.41 Å². The van der Waals surface area contributed by atoms with Crippen LogP contribution in [0, 0.1) is 28.1 Å². The third kappa shape index (κ3) is 5.09. The molecule has 0 aliphatic heterocycles. The summed E-state index contributed by atoms with van der Waals surface area (Å²) in [5.41, 5.74) is -10.3. The van der Waals surface area contributed by atoms with Crippen LogP contribution in [-0.2, 0) is 0 Å². The average molecular weight is 508 g/mol. The van der Waals surface area contributed by atoms with Gasteiger partial charge in [0.2, 0.25) is 0 Å². The van der Waals surface area contributed by atoms with E-state index in [1.54, 1.807) is 0 Å². The Morgan fingerprint density at radius 2 is 0.812 bits per heavy atom. The summed E-state index contributed by atoms with van der Waals surface area (Å²) >= 11 is 0. The molecule has 0 bridgehead atoms. The van der Waals surface area contributed by atoms with Crippen molar-refractivity contribution in [2.45, 2.75) is 67.6 Å². The zero-order chi connectivity index (χ0) is 26.2. The van der Waals surface area contributed by atoms with Crippen LogP contribution < -0.4 is 0 Å². The van der Waals surface area contributed by atoms with Gasteiger partial charge >= 0.3 is 36.3 Å². The Labute approximate surface area is 167 Å². The fourth-order valence-electron chi connectivity index (χ4n) is 2.22. The van der Waals surface area contributed by atoms with Gasteiger partial charge in [-0.25, -0.2) is 4.39 Å². The first-order valence-corrected chi connectivity index (χ1v) is 7.64. The molecule has 0 aromatic heterocycles. The van der Waals surface area contributed by atoms with E-state index >= 15 is 0 Å². The van der Waals surface area contributed by atoms with Crippen molar-refractivity contribution >= 4 is 0 Å². The first-order valence-electron chi connectivity index (χ1n) is 7.64. The Bertz CT molecular complexity index is 733. The summed E-state index contributed by atoms with van der Waals surface area (Å²) in [6.45, 7) is 0. The molecular weight excluding hydrogens is 500 g/mol. The van der Waals surface area contributed by atoms with Crippen molar-refractivity contribution in [3.8, 4) is 12.1 Å². The van der Waals surface area contributed by atoms with Crippen LogP contribution in [0.25, 0.3) is 0 Å². The quantitative estimate of drug-likeness (QED) is 0.336. The molecule has 0 radical (unpaired) electrons. The number of nitriles is 2. The molecule has 0 heterocycles. The summed E-state index contributed by atoms with van der Waals surface area (Å²) in [5, 5.41) is 17.4. The second-order valence-electron chi connectivity index (χ2n) is 6.44. The predicted octanol–water partition coefficient (Wildman–Crippen LogP) is 6.88. The Balaban J connectivity index is 6.47. The van der Waals surface area contributed by atoms with Gasteiger partial charge in [-0.15, -0.1) is 0 Å². The number of hydrogen-bond acceptors (Lipinski definition) is 2. The van der Waals surface area contributed by atoms with Crippen molar-refractivity contribution in [1.82, 2.24) is 0 Å². The lowest BCUT2D eigenvalue weighted by Crippen LogP contribution is -2.70. The summed E-state index contributed by atoms with van der Waals surface area (Å²) in [7, 11) is 0. The minimum Gasteiger partial charge on any atom is -0.227 e. The lowest BCUT2D eigenvalue weighted by Gasteiger charge is -2.42. The van der Waals surface area contributed by atoms with Crippen molar-refractivity contribution in [1.29, 1.82) is 10.5 Å². The largest absolute Gasteiger partial charge is 0.460 e. The van der Waals surface area contributed by atoms with Crippen LogP contribution in [0.1, 0.15) is 25.7 Å². The maximum atomic E-state index is 14.3. The van der Waals surface area contributed by atoms with Gasteiger partial charge in [-0.2, -0.15) is 76.4 Å². The molecule has 0 saturated carbocycles. The normalized spacial score (nSPS) is 16.8. The van der Waals surface area contributed by atoms with Gasteiger partial charge in [-0.05, 0) is 19.3 Å². The molecular formula is C14H8F16N2. The second kappa shape index (κ2) is 8.33. The van der Waals surface area contributed by atoms with E-state index in [4.69, 9.17) is 10.5 Å². The first-order chi connectivity index (χ1) is 13.8. The maximum absolute atomic E-state index is 14.3. The van der Waals surface area contributed by atoms with Gasteiger partial charge in [0.15, 0.2) is 0 Å². The van der Waals surface area contributed by atoms with E-state index in [2.05, 4.69) is 0 Å². The Kier molecular flexibility index (Phi) is 7.77. The van der Waals surface area contributed by atoms with Gasteiger partial charge in [0.25, 0.3) is 5.67 Å². The molecule has 0 N–H and O–H groups in total. The van der Waals surface area contributed by atoms with E-state index in [0.29, 0.717) is 12.1 Å². The zero-order valence-corrected chi connectivity index (χ0v) is 14.8. The summed E-state index contributed by atoms with van der Waals surface area (Å²) in [4.78, 5) is 0. The second-order valence-corrected chi connectivity index (χ2v) is 6.44. The monoisotopic (exact) mass is 508 g/mol. The summed E-state index contributed by atoms with van der Waals surface area (Å²) in [6.07, 6.45) is -29.5. The number of alkyl halides is 16. The average Bonchev–Trinajstić information content (AvgIpc) is 2.59. The van der Waals surface area contributed by atoms with Gasteiger partial charge in [-0.3, -0.25) is 0 Å². The number of rotatable bonds is 8. The van der Waals surface area contributed by atoms with Crippen LogP contribution in [0.3, 0.4) is 0 Å². The summed E-state index contributed by atoms with van der Waals surface area (Å²) in [6, 6.07) is 1.30. The van der Waals surface area contributed by atoms with Crippen molar-refractivity contribution in [2.75, 3.05) is 0 Å². The minimum atomic E-state index is -8.06.